The van der Waals surface area contributed by atoms with Crippen LogP contribution in [0.2, 0.25) is 0 Å². The van der Waals surface area contributed by atoms with Crippen molar-refractivity contribution in [3.63, 3.8) is 0 Å². The Kier molecular flexibility index (Phi) is 3.63. The van der Waals surface area contributed by atoms with Gasteiger partial charge in [0.25, 0.3) is 5.91 Å². The zero-order valence-electron chi connectivity index (χ0n) is 14.1. The third-order valence-electron chi connectivity index (χ3n) is 5.00. The molecule has 124 valence electrons. The van der Waals surface area contributed by atoms with Gasteiger partial charge in [-0.25, -0.2) is 0 Å². The van der Waals surface area contributed by atoms with Crippen molar-refractivity contribution in [2.45, 2.75) is 32.6 Å². The fourth-order valence-electron chi connectivity index (χ4n) is 3.68. The van der Waals surface area contributed by atoms with Gasteiger partial charge in [-0.3, -0.25) is 9.89 Å². The van der Waals surface area contributed by atoms with Crippen LogP contribution in [0.3, 0.4) is 0 Å². The van der Waals surface area contributed by atoms with Crippen LogP contribution in [0.15, 0.2) is 24.3 Å². The summed E-state index contributed by atoms with van der Waals surface area (Å²) in [5.41, 5.74) is 6.29. The maximum Gasteiger partial charge on any atom is 0.251 e. The van der Waals surface area contributed by atoms with Gasteiger partial charge < -0.3 is 10.3 Å². The monoisotopic (exact) mass is 322 g/mol. The highest BCUT2D eigenvalue weighted by Gasteiger charge is 2.21. The highest BCUT2D eigenvalue weighted by molar-refractivity contribution is 5.98. The molecule has 1 atom stereocenters. The number of carbonyl (C=O) groups is 1. The van der Waals surface area contributed by atoms with Gasteiger partial charge in [-0.2, -0.15) is 5.10 Å². The van der Waals surface area contributed by atoms with Gasteiger partial charge in [-0.05, 0) is 43.4 Å². The normalized spacial score (nSPS) is 17.5. The number of nitrogens with zero attached hydrogens (tertiary/aromatic N) is 1. The number of carbonyl (C=O) groups excluding carboxylic acids is 1. The predicted molar refractivity (Wildman–Crippen MR) is 95.1 cm³/mol. The summed E-state index contributed by atoms with van der Waals surface area (Å²) in [5.74, 6) is 0.632. The van der Waals surface area contributed by atoms with E-state index in [2.05, 4.69) is 33.5 Å². The van der Waals surface area contributed by atoms with Crippen molar-refractivity contribution in [1.82, 2.24) is 20.5 Å². The summed E-state index contributed by atoms with van der Waals surface area (Å²) in [7, 11) is 1.65. The Bertz CT molecular complexity index is 905. The van der Waals surface area contributed by atoms with Crippen molar-refractivity contribution in [2.24, 2.45) is 5.92 Å². The third kappa shape index (κ3) is 2.50. The number of H-pyrrole nitrogens is 2. The molecule has 2 heterocycles. The Labute approximate surface area is 140 Å². The summed E-state index contributed by atoms with van der Waals surface area (Å²) in [6.45, 7) is 2.30. The summed E-state index contributed by atoms with van der Waals surface area (Å²) in [6.07, 6.45) is 4.62. The molecule has 0 saturated heterocycles. The van der Waals surface area contributed by atoms with Crippen molar-refractivity contribution < 1.29 is 4.79 Å². The predicted octanol–water partition coefficient (Wildman–Crippen LogP) is 3.43. The van der Waals surface area contributed by atoms with Crippen molar-refractivity contribution in [3.8, 4) is 11.4 Å². The van der Waals surface area contributed by atoms with Crippen LogP contribution in [0.25, 0.3) is 22.3 Å². The molecule has 2 aromatic heterocycles. The van der Waals surface area contributed by atoms with Crippen LogP contribution in [-0.4, -0.2) is 28.1 Å². The second-order valence-corrected chi connectivity index (χ2v) is 6.80. The molecule has 1 unspecified atom stereocenters. The van der Waals surface area contributed by atoms with Gasteiger partial charge in [0.2, 0.25) is 0 Å². The minimum absolute atomic E-state index is 0.0735. The van der Waals surface area contributed by atoms with Crippen molar-refractivity contribution in [1.29, 1.82) is 0 Å². The van der Waals surface area contributed by atoms with E-state index in [-0.39, 0.29) is 5.91 Å². The molecule has 1 aromatic carbocycles. The first-order valence-electron chi connectivity index (χ1n) is 8.57. The molecular formula is C19H22N4O. The highest BCUT2D eigenvalue weighted by atomic mass is 16.1. The van der Waals surface area contributed by atoms with Crippen molar-refractivity contribution in [2.75, 3.05) is 7.05 Å². The average Bonchev–Trinajstić information content (AvgIpc) is 3.12. The highest BCUT2D eigenvalue weighted by Crippen LogP contribution is 2.32. The summed E-state index contributed by atoms with van der Waals surface area (Å²) in [5, 5.41) is 11.6. The molecule has 5 heteroatoms. The maximum absolute atomic E-state index is 11.8. The minimum Gasteiger partial charge on any atom is -0.355 e. The molecule has 0 fully saturated rings. The van der Waals surface area contributed by atoms with Crippen molar-refractivity contribution in [3.05, 3.63) is 41.1 Å². The molecule has 3 aromatic rings. The van der Waals surface area contributed by atoms with E-state index < -0.39 is 0 Å². The van der Waals surface area contributed by atoms with Gasteiger partial charge in [-0.1, -0.05) is 19.4 Å². The molecule has 5 nitrogen and oxygen atoms in total. The summed E-state index contributed by atoms with van der Waals surface area (Å²) < 4.78 is 0. The Morgan fingerprint density at radius 2 is 2.21 bits per heavy atom. The van der Waals surface area contributed by atoms with Gasteiger partial charge in [0.1, 0.15) is 5.69 Å². The smallest absolute Gasteiger partial charge is 0.251 e. The second-order valence-electron chi connectivity index (χ2n) is 6.80. The lowest BCUT2D eigenvalue weighted by Gasteiger charge is -2.04. The van der Waals surface area contributed by atoms with E-state index in [0.29, 0.717) is 11.5 Å². The number of amides is 1. The number of fused-ring (bicyclic) bond motifs is 2. The largest absolute Gasteiger partial charge is 0.355 e. The van der Waals surface area contributed by atoms with E-state index >= 15 is 0 Å². The molecule has 0 radical (unpaired) electrons. The molecule has 0 bridgehead atoms. The number of hydrogen-bond donors (Lipinski definition) is 3. The SMILES string of the molecule is CNC(=O)c1ccc2cc(-c3n[nH]c4c3CCCC(C)C4)[nH]c2c1. The van der Waals surface area contributed by atoms with Crippen LogP contribution in [0.1, 0.15) is 41.4 Å². The molecule has 3 N–H and O–H groups in total. The molecule has 4 rings (SSSR count). The Morgan fingerprint density at radius 1 is 1.33 bits per heavy atom. The standard InChI is InChI=1S/C19H22N4O/c1-11-4-3-5-14-16(8-11)22-23-18(14)17-9-12-6-7-13(19(24)20-2)10-15(12)21-17/h6-7,9-11,21H,3-5,8H2,1-2H3,(H,20,24)(H,22,23). The number of nitrogens with one attached hydrogen (secondary N) is 3. The van der Waals surface area contributed by atoms with E-state index in [4.69, 9.17) is 0 Å². The van der Waals surface area contributed by atoms with E-state index in [1.807, 2.05) is 18.2 Å². The summed E-state index contributed by atoms with van der Waals surface area (Å²) >= 11 is 0. The quantitative estimate of drug-likeness (QED) is 0.632. The summed E-state index contributed by atoms with van der Waals surface area (Å²) in [6, 6.07) is 7.84. The summed E-state index contributed by atoms with van der Waals surface area (Å²) in [4.78, 5) is 15.2. The zero-order chi connectivity index (χ0) is 16.7. The molecule has 1 aliphatic rings. The maximum atomic E-state index is 11.8. The first-order valence-corrected chi connectivity index (χ1v) is 8.57. The minimum atomic E-state index is -0.0735. The number of hydrogen-bond acceptors (Lipinski definition) is 2. The van der Waals surface area contributed by atoms with Crippen molar-refractivity contribution >= 4 is 16.8 Å². The molecule has 0 aliphatic heterocycles. The molecule has 0 saturated carbocycles. The fourth-order valence-corrected chi connectivity index (χ4v) is 3.68. The lowest BCUT2D eigenvalue weighted by molar-refractivity contribution is 0.0963. The average molecular weight is 322 g/mol. The topological polar surface area (TPSA) is 73.6 Å². The molecular weight excluding hydrogens is 300 g/mol. The van der Waals surface area contributed by atoms with Crippen LogP contribution in [0.5, 0.6) is 0 Å². The fraction of sp³-hybridized carbons (Fsp3) is 0.368. The van der Waals surface area contributed by atoms with E-state index in [1.165, 1.54) is 24.1 Å². The molecule has 24 heavy (non-hydrogen) atoms. The van der Waals surface area contributed by atoms with E-state index in [1.54, 1.807) is 7.05 Å². The first kappa shape index (κ1) is 15.0. The number of aromatic amines is 2. The molecule has 0 spiro atoms. The number of rotatable bonds is 2. The Morgan fingerprint density at radius 3 is 3.04 bits per heavy atom. The van der Waals surface area contributed by atoms with Gasteiger partial charge in [0, 0.05) is 34.8 Å². The number of aromatic nitrogens is 3. The molecule has 1 aliphatic carbocycles. The van der Waals surface area contributed by atoms with Crippen LogP contribution in [0.4, 0.5) is 0 Å². The van der Waals surface area contributed by atoms with E-state index in [9.17, 15) is 4.79 Å². The van der Waals surface area contributed by atoms with Crippen LogP contribution in [-0.2, 0) is 12.8 Å². The Balaban J connectivity index is 1.76. The lowest BCUT2D eigenvalue weighted by atomic mass is 10.0. The first-order chi connectivity index (χ1) is 11.7. The van der Waals surface area contributed by atoms with Gasteiger partial charge in [0.05, 0.1) is 5.69 Å². The Hall–Kier alpha value is -2.56. The van der Waals surface area contributed by atoms with Gasteiger partial charge in [0.15, 0.2) is 0 Å². The second kappa shape index (κ2) is 5.82. The van der Waals surface area contributed by atoms with Gasteiger partial charge >= 0.3 is 0 Å². The van der Waals surface area contributed by atoms with Crippen LogP contribution >= 0.6 is 0 Å². The lowest BCUT2D eigenvalue weighted by Crippen LogP contribution is -2.17. The zero-order valence-corrected chi connectivity index (χ0v) is 14.1. The number of benzene rings is 1. The van der Waals surface area contributed by atoms with Crippen LogP contribution < -0.4 is 5.32 Å². The molecule has 1 amide bonds. The third-order valence-corrected chi connectivity index (χ3v) is 5.00. The van der Waals surface area contributed by atoms with Gasteiger partial charge in [-0.15, -0.1) is 0 Å². The van der Waals surface area contributed by atoms with E-state index in [0.717, 1.165) is 35.1 Å². The van der Waals surface area contributed by atoms with Crippen LogP contribution in [0, 0.1) is 5.92 Å².